The zero-order valence-electron chi connectivity index (χ0n) is 13.3. The maximum absolute atomic E-state index is 11.9. The molecule has 1 heterocycles. The van der Waals surface area contributed by atoms with E-state index in [4.69, 9.17) is 0 Å². The molecule has 21 heavy (non-hydrogen) atoms. The first kappa shape index (κ1) is 18.9. The lowest BCUT2D eigenvalue weighted by Gasteiger charge is -2.24. The Morgan fingerprint density at radius 1 is 1.24 bits per heavy atom. The van der Waals surface area contributed by atoms with Crippen LogP contribution in [0.4, 0.5) is 0 Å². The molecular weight excluding hydrogens is 310 g/mol. The molecule has 0 bridgehead atoms. The lowest BCUT2D eigenvalue weighted by Crippen LogP contribution is -2.34. The van der Waals surface area contributed by atoms with Gasteiger partial charge in [-0.05, 0) is 37.6 Å². The van der Waals surface area contributed by atoms with Gasteiger partial charge >= 0.3 is 0 Å². The summed E-state index contributed by atoms with van der Waals surface area (Å²) in [6.07, 6.45) is 1.86. The normalized spacial score (nSPS) is 23.5. The van der Waals surface area contributed by atoms with E-state index in [-0.39, 0.29) is 34.8 Å². The Bertz CT molecular complexity index is 511. The second kappa shape index (κ2) is 7.92. The van der Waals surface area contributed by atoms with Crippen molar-refractivity contribution in [2.45, 2.75) is 46.1 Å². The highest BCUT2D eigenvalue weighted by Gasteiger charge is 2.34. The summed E-state index contributed by atoms with van der Waals surface area (Å²) >= 11 is 0. The van der Waals surface area contributed by atoms with Crippen molar-refractivity contribution in [2.24, 2.45) is 11.8 Å². The van der Waals surface area contributed by atoms with Crippen LogP contribution in [0.5, 0.6) is 0 Å². The largest absolute Gasteiger partial charge is 0.314 e. The Kier molecular flexibility index (Phi) is 7.13. The van der Waals surface area contributed by atoms with Crippen molar-refractivity contribution in [2.75, 3.05) is 29.6 Å². The molecular formula is C14H29NO4S2. The minimum absolute atomic E-state index is 0.0954. The summed E-state index contributed by atoms with van der Waals surface area (Å²) in [6.45, 7) is 6.63. The Balaban J connectivity index is 2.65. The first-order valence-corrected chi connectivity index (χ1v) is 11.4. The zero-order valence-corrected chi connectivity index (χ0v) is 15.0. The van der Waals surface area contributed by atoms with Crippen molar-refractivity contribution in [3.63, 3.8) is 0 Å². The van der Waals surface area contributed by atoms with Gasteiger partial charge in [-0.2, -0.15) is 0 Å². The summed E-state index contributed by atoms with van der Waals surface area (Å²) in [6, 6.07) is 0.317. The number of nitrogens with one attached hydrogen (secondary N) is 1. The van der Waals surface area contributed by atoms with E-state index in [1.807, 2.05) is 20.8 Å². The average Bonchev–Trinajstić information content (AvgIpc) is 2.69. The van der Waals surface area contributed by atoms with Crippen LogP contribution >= 0.6 is 0 Å². The van der Waals surface area contributed by atoms with E-state index < -0.39 is 19.7 Å². The van der Waals surface area contributed by atoms with Gasteiger partial charge in [-0.3, -0.25) is 0 Å². The van der Waals surface area contributed by atoms with Crippen LogP contribution in [-0.2, 0) is 19.7 Å². The maximum Gasteiger partial charge on any atom is 0.150 e. The standard InChI is InChI=1S/C14H29NO4S2/c1-4-7-20(16,17)8-5-13(10-15-12(2)3)14-6-9-21(18,19)11-14/h12-15H,4-11H2,1-3H3. The molecule has 0 amide bonds. The molecule has 1 aliphatic heterocycles. The first-order chi connectivity index (χ1) is 9.65. The van der Waals surface area contributed by atoms with Crippen LogP contribution in [0.1, 0.15) is 40.0 Å². The highest BCUT2D eigenvalue weighted by molar-refractivity contribution is 7.91. The van der Waals surface area contributed by atoms with E-state index in [2.05, 4.69) is 5.32 Å². The third-order valence-electron chi connectivity index (χ3n) is 4.04. The van der Waals surface area contributed by atoms with Gasteiger partial charge < -0.3 is 5.32 Å². The summed E-state index contributed by atoms with van der Waals surface area (Å²) in [4.78, 5) is 0. The molecule has 5 nitrogen and oxygen atoms in total. The predicted octanol–water partition coefficient (Wildman–Crippen LogP) is 1.25. The topological polar surface area (TPSA) is 80.3 Å². The monoisotopic (exact) mass is 339 g/mol. The SMILES string of the molecule is CCCS(=O)(=O)CCC(CNC(C)C)C1CCS(=O)(=O)C1. The maximum atomic E-state index is 11.9. The van der Waals surface area contributed by atoms with E-state index in [0.29, 0.717) is 31.8 Å². The van der Waals surface area contributed by atoms with Crippen molar-refractivity contribution in [3.8, 4) is 0 Å². The average molecular weight is 340 g/mol. The number of rotatable bonds is 9. The van der Waals surface area contributed by atoms with Crippen LogP contribution < -0.4 is 5.32 Å². The smallest absolute Gasteiger partial charge is 0.150 e. The van der Waals surface area contributed by atoms with Gasteiger partial charge in [0.05, 0.1) is 17.3 Å². The predicted molar refractivity (Wildman–Crippen MR) is 87.0 cm³/mol. The van der Waals surface area contributed by atoms with Gasteiger partial charge in [-0.15, -0.1) is 0 Å². The molecule has 7 heteroatoms. The molecule has 126 valence electrons. The third-order valence-corrected chi connectivity index (χ3v) is 7.72. The summed E-state index contributed by atoms with van der Waals surface area (Å²) < 4.78 is 47.1. The van der Waals surface area contributed by atoms with E-state index in [0.717, 1.165) is 0 Å². The molecule has 0 radical (unpaired) electrons. The Labute approximate surface area is 129 Å². The lowest BCUT2D eigenvalue weighted by molar-refractivity contribution is 0.327. The fourth-order valence-electron chi connectivity index (χ4n) is 2.83. The van der Waals surface area contributed by atoms with Crippen molar-refractivity contribution >= 4 is 19.7 Å². The van der Waals surface area contributed by atoms with Crippen molar-refractivity contribution in [3.05, 3.63) is 0 Å². The Morgan fingerprint density at radius 2 is 1.90 bits per heavy atom. The molecule has 1 saturated heterocycles. The highest BCUT2D eigenvalue weighted by atomic mass is 32.2. The molecule has 1 aliphatic rings. The van der Waals surface area contributed by atoms with E-state index in [1.165, 1.54) is 0 Å². The summed E-state index contributed by atoms with van der Waals surface area (Å²) in [5, 5.41) is 3.33. The van der Waals surface area contributed by atoms with E-state index in [1.54, 1.807) is 0 Å². The van der Waals surface area contributed by atoms with Crippen LogP contribution in [0.25, 0.3) is 0 Å². The fraction of sp³-hybridized carbons (Fsp3) is 1.00. The summed E-state index contributed by atoms with van der Waals surface area (Å²) in [7, 11) is -5.92. The molecule has 0 spiro atoms. The van der Waals surface area contributed by atoms with Gasteiger partial charge in [0.15, 0.2) is 9.84 Å². The summed E-state index contributed by atoms with van der Waals surface area (Å²) in [5.74, 6) is 1.07. The second-order valence-electron chi connectivity index (χ2n) is 6.43. The minimum Gasteiger partial charge on any atom is -0.314 e. The molecule has 2 atom stereocenters. The fourth-order valence-corrected chi connectivity index (χ4v) is 6.24. The Morgan fingerprint density at radius 3 is 2.38 bits per heavy atom. The molecule has 1 N–H and O–H groups in total. The van der Waals surface area contributed by atoms with E-state index >= 15 is 0 Å². The van der Waals surface area contributed by atoms with E-state index in [9.17, 15) is 16.8 Å². The molecule has 0 saturated carbocycles. The molecule has 0 aliphatic carbocycles. The molecule has 1 rings (SSSR count). The quantitative estimate of drug-likeness (QED) is 0.684. The van der Waals surface area contributed by atoms with Crippen LogP contribution in [0.15, 0.2) is 0 Å². The first-order valence-electron chi connectivity index (χ1n) is 7.79. The zero-order chi connectivity index (χ0) is 16.1. The van der Waals surface area contributed by atoms with Crippen molar-refractivity contribution in [1.29, 1.82) is 0 Å². The number of sulfone groups is 2. The van der Waals surface area contributed by atoms with Crippen LogP contribution in [-0.4, -0.2) is 52.4 Å². The van der Waals surface area contributed by atoms with Crippen LogP contribution in [0.2, 0.25) is 0 Å². The number of hydrogen-bond acceptors (Lipinski definition) is 5. The van der Waals surface area contributed by atoms with Crippen molar-refractivity contribution in [1.82, 2.24) is 5.32 Å². The highest BCUT2D eigenvalue weighted by Crippen LogP contribution is 2.28. The van der Waals surface area contributed by atoms with Gasteiger partial charge in [0.25, 0.3) is 0 Å². The summed E-state index contributed by atoms with van der Waals surface area (Å²) in [5.41, 5.74) is 0. The van der Waals surface area contributed by atoms with Gasteiger partial charge in [-0.25, -0.2) is 16.8 Å². The number of hydrogen-bond donors (Lipinski definition) is 1. The second-order valence-corrected chi connectivity index (χ2v) is 11.0. The van der Waals surface area contributed by atoms with Crippen LogP contribution in [0.3, 0.4) is 0 Å². The minimum atomic E-state index is -3.00. The van der Waals surface area contributed by atoms with Gasteiger partial charge in [0, 0.05) is 11.8 Å². The lowest BCUT2D eigenvalue weighted by atomic mass is 9.89. The van der Waals surface area contributed by atoms with Gasteiger partial charge in [0.1, 0.15) is 9.84 Å². The molecule has 0 aromatic rings. The van der Waals surface area contributed by atoms with Gasteiger partial charge in [0.2, 0.25) is 0 Å². The van der Waals surface area contributed by atoms with Crippen LogP contribution in [0, 0.1) is 11.8 Å². The Hall–Kier alpha value is -0.140. The molecule has 1 fully saturated rings. The molecule has 2 unspecified atom stereocenters. The molecule has 0 aromatic carbocycles. The van der Waals surface area contributed by atoms with Crippen molar-refractivity contribution < 1.29 is 16.8 Å². The third kappa shape index (κ3) is 7.10. The molecule has 0 aromatic heterocycles. The van der Waals surface area contributed by atoms with Gasteiger partial charge in [-0.1, -0.05) is 20.8 Å².